The summed E-state index contributed by atoms with van der Waals surface area (Å²) in [5, 5.41) is 3.76. The molecule has 1 unspecified atom stereocenters. The average molecular weight is 424 g/mol. The van der Waals surface area contributed by atoms with Gasteiger partial charge in [0.1, 0.15) is 5.76 Å². The van der Waals surface area contributed by atoms with Crippen molar-refractivity contribution in [3.63, 3.8) is 0 Å². The SMILES string of the molecule is CN1CCN(CC(NC(=O)c2ccc(-c3ccccc3Cl)o2)c2ccccc2)CC1. The lowest BCUT2D eigenvalue weighted by atomic mass is 10.1. The third-order valence-corrected chi connectivity index (χ3v) is 5.84. The largest absolute Gasteiger partial charge is 0.451 e. The summed E-state index contributed by atoms with van der Waals surface area (Å²) < 4.78 is 5.84. The van der Waals surface area contributed by atoms with Crippen LogP contribution in [0.1, 0.15) is 22.2 Å². The van der Waals surface area contributed by atoms with Crippen LogP contribution in [-0.4, -0.2) is 55.5 Å². The van der Waals surface area contributed by atoms with Gasteiger partial charge < -0.3 is 14.6 Å². The Hall–Kier alpha value is -2.60. The van der Waals surface area contributed by atoms with Crippen LogP contribution in [0.3, 0.4) is 0 Å². The number of rotatable bonds is 6. The Bertz CT molecular complexity index is 981. The molecule has 0 spiro atoms. The van der Waals surface area contributed by atoms with Crippen molar-refractivity contribution in [3.8, 4) is 11.3 Å². The van der Waals surface area contributed by atoms with Crippen LogP contribution in [0.25, 0.3) is 11.3 Å². The molecule has 1 atom stereocenters. The van der Waals surface area contributed by atoms with E-state index >= 15 is 0 Å². The fourth-order valence-corrected chi connectivity index (χ4v) is 3.93. The molecule has 0 saturated carbocycles. The number of nitrogens with one attached hydrogen (secondary N) is 1. The number of piperazine rings is 1. The molecule has 1 aliphatic heterocycles. The van der Waals surface area contributed by atoms with Crippen LogP contribution in [0.15, 0.2) is 71.1 Å². The zero-order valence-electron chi connectivity index (χ0n) is 17.1. The summed E-state index contributed by atoms with van der Waals surface area (Å²) in [4.78, 5) is 17.7. The van der Waals surface area contributed by atoms with E-state index in [4.69, 9.17) is 16.0 Å². The van der Waals surface area contributed by atoms with Crippen molar-refractivity contribution in [2.75, 3.05) is 39.8 Å². The standard InChI is InChI=1S/C24H26ClN3O2/c1-27-13-15-28(16-14-27)17-21(18-7-3-2-4-8-18)26-24(29)23-12-11-22(30-23)19-9-5-6-10-20(19)25/h2-12,21H,13-17H2,1H3,(H,26,29). The number of halogens is 1. The van der Waals surface area contributed by atoms with Crippen molar-refractivity contribution in [3.05, 3.63) is 83.1 Å². The van der Waals surface area contributed by atoms with Gasteiger partial charge in [-0.1, -0.05) is 54.1 Å². The maximum Gasteiger partial charge on any atom is 0.287 e. The lowest BCUT2D eigenvalue weighted by Gasteiger charge is -2.34. The Morgan fingerprint density at radius 1 is 1.00 bits per heavy atom. The summed E-state index contributed by atoms with van der Waals surface area (Å²) in [6.07, 6.45) is 0. The summed E-state index contributed by atoms with van der Waals surface area (Å²) in [5.74, 6) is 0.640. The second-order valence-corrected chi connectivity index (χ2v) is 8.09. The molecule has 0 aliphatic carbocycles. The molecule has 1 fully saturated rings. The van der Waals surface area contributed by atoms with E-state index in [1.54, 1.807) is 18.2 Å². The molecular formula is C24H26ClN3O2. The van der Waals surface area contributed by atoms with Crippen LogP contribution in [0.4, 0.5) is 0 Å². The predicted molar refractivity (Wildman–Crippen MR) is 120 cm³/mol. The van der Waals surface area contributed by atoms with Gasteiger partial charge in [0.15, 0.2) is 5.76 Å². The molecule has 3 aromatic rings. The van der Waals surface area contributed by atoms with E-state index in [0.717, 1.165) is 43.9 Å². The lowest BCUT2D eigenvalue weighted by Crippen LogP contribution is -2.47. The Morgan fingerprint density at radius 2 is 1.70 bits per heavy atom. The van der Waals surface area contributed by atoms with E-state index in [-0.39, 0.29) is 17.7 Å². The molecule has 1 saturated heterocycles. The highest BCUT2D eigenvalue weighted by atomic mass is 35.5. The molecule has 30 heavy (non-hydrogen) atoms. The third-order valence-electron chi connectivity index (χ3n) is 5.51. The van der Waals surface area contributed by atoms with Crippen LogP contribution in [-0.2, 0) is 0 Å². The minimum Gasteiger partial charge on any atom is -0.451 e. The zero-order valence-corrected chi connectivity index (χ0v) is 17.8. The van der Waals surface area contributed by atoms with Gasteiger partial charge in [0.2, 0.25) is 0 Å². The molecule has 6 heteroatoms. The number of hydrogen-bond acceptors (Lipinski definition) is 4. The number of amides is 1. The lowest BCUT2D eigenvalue weighted by molar-refractivity contribution is 0.0881. The van der Waals surface area contributed by atoms with Crippen LogP contribution >= 0.6 is 11.6 Å². The molecule has 0 radical (unpaired) electrons. The quantitative estimate of drug-likeness (QED) is 0.641. The van der Waals surface area contributed by atoms with Crippen LogP contribution in [0.5, 0.6) is 0 Å². The first-order valence-corrected chi connectivity index (χ1v) is 10.6. The highest BCUT2D eigenvalue weighted by Gasteiger charge is 2.23. The second-order valence-electron chi connectivity index (χ2n) is 7.68. The molecule has 4 rings (SSSR count). The Balaban J connectivity index is 1.50. The molecule has 1 aliphatic rings. The van der Waals surface area contributed by atoms with E-state index < -0.39 is 0 Å². The Labute approximate surface area is 182 Å². The monoisotopic (exact) mass is 423 g/mol. The topological polar surface area (TPSA) is 48.7 Å². The van der Waals surface area contributed by atoms with Crippen LogP contribution < -0.4 is 5.32 Å². The first-order valence-electron chi connectivity index (χ1n) is 10.2. The minimum atomic E-state index is -0.226. The van der Waals surface area contributed by atoms with Gasteiger partial charge >= 0.3 is 0 Å². The van der Waals surface area contributed by atoms with E-state index in [9.17, 15) is 4.79 Å². The van der Waals surface area contributed by atoms with Gasteiger partial charge in [-0.3, -0.25) is 9.69 Å². The number of carbonyl (C=O) groups excluding carboxylic acids is 1. The molecule has 5 nitrogen and oxygen atoms in total. The zero-order chi connectivity index (χ0) is 20.9. The van der Waals surface area contributed by atoms with E-state index in [2.05, 4.69) is 34.3 Å². The van der Waals surface area contributed by atoms with E-state index in [1.807, 2.05) is 36.4 Å². The summed E-state index contributed by atoms with van der Waals surface area (Å²) in [7, 11) is 2.14. The maximum absolute atomic E-state index is 13.0. The van der Waals surface area contributed by atoms with Crippen LogP contribution in [0.2, 0.25) is 5.02 Å². The Kier molecular flexibility index (Phi) is 6.53. The molecule has 2 aromatic carbocycles. The highest BCUT2D eigenvalue weighted by Crippen LogP contribution is 2.29. The summed E-state index contributed by atoms with van der Waals surface area (Å²) in [5.41, 5.74) is 1.86. The number of likely N-dealkylation sites (N-methyl/N-ethyl adjacent to an activating group) is 1. The number of benzene rings is 2. The van der Waals surface area contributed by atoms with Gasteiger partial charge in [-0.2, -0.15) is 0 Å². The number of furan rings is 1. The van der Waals surface area contributed by atoms with Gasteiger partial charge in [-0.25, -0.2) is 0 Å². The summed E-state index contributed by atoms with van der Waals surface area (Å²) in [6.45, 7) is 4.82. The van der Waals surface area contributed by atoms with Crippen molar-refractivity contribution < 1.29 is 9.21 Å². The average Bonchev–Trinajstić information content (AvgIpc) is 3.26. The fraction of sp³-hybridized carbons (Fsp3) is 0.292. The van der Waals surface area contributed by atoms with Crippen molar-refractivity contribution >= 4 is 17.5 Å². The second kappa shape index (κ2) is 9.47. The third kappa shape index (κ3) is 4.93. The van der Waals surface area contributed by atoms with Crippen molar-refractivity contribution in [2.45, 2.75) is 6.04 Å². The fourth-order valence-electron chi connectivity index (χ4n) is 3.70. The van der Waals surface area contributed by atoms with E-state index in [0.29, 0.717) is 10.8 Å². The highest BCUT2D eigenvalue weighted by molar-refractivity contribution is 6.33. The number of nitrogens with zero attached hydrogens (tertiary/aromatic N) is 2. The minimum absolute atomic E-state index is 0.115. The number of carbonyl (C=O) groups is 1. The maximum atomic E-state index is 13.0. The predicted octanol–water partition coefficient (Wildman–Crippen LogP) is 4.32. The molecule has 2 heterocycles. The molecule has 1 N–H and O–H groups in total. The van der Waals surface area contributed by atoms with Gasteiger partial charge in [0.05, 0.1) is 11.1 Å². The summed E-state index contributed by atoms with van der Waals surface area (Å²) >= 11 is 6.26. The van der Waals surface area contributed by atoms with Crippen molar-refractivity contribution in [1.82, 2.24) is 15.1 Å². The van der Waals surface area contributed by atoms with Gasteiger partial charge in [0.25, 0.3) is 5.91 Å². The smallest absolute Gasteiger partial charge is 0.287 e. The molecular weight excluding hydrogens is 398 g/mol. The van der Waals surface area contributed by atoms with Crippen molar-refractivity contribution in [1.29, 1.82) is 0 Å². The first kappa shape index (κ1) is 20.7. The Morgan fingerprint density at radius 3 is 2.43 bits per heavy atom. The first-order chi connectivity index (χ1) is 14.6. The summed E-state index contributed by atoms with van der Waals surface area (Å²) in [6, 6.07) is 20.9. The van der Waals surface area contributed by atoms with Crippen LogP contribution in [0, 0.1) is 0 Å². The molecule has 1 aromatic heterocycles. The van der Waals surface area contributed by atoms with Gasteiger partial charge in [-0.05, 0) is 36.9 Å². The van der Waals surface area contributed by atoms with Gasteiger partial charge in [-0.15, -0.1) is 0 Å². The molecule has 156 valence electrons. The van der Waals surface area contributed by atoms with Gasteiger partial charge in [0, 0.05) is 38.3 Å². The molecule has 1 amide bonds. The number of hydrogen-bond donors (Lipinski definition) is 1. The van der Waals surface area contributed by atoms with E-state index in [1.165, 1.54) is 0 Å². The van der Waals surface area contributed by atoms with Crippen molar-refractivity contribution in [2.24, 2.45) is 0 Å². The molecule has 0 bridgehead atoms. The normalized spacial score (nSPS) is 16.3.